The van der Waals surface area contributed by atoms with Crippen LogP contribution in [0.2, 0.25) is 0 Å². The average molecular weight is 278 g/mol. The van der Waals surface area contributed by atoms with E-state index in [2.05, 4.69) is 23.5 Å². The van der Waals surface area contributed by atoms with E-state index >= 15 is 0 Å². The molecule has 0 saturated carbocycles. The zero-order chi connectivity index (χ0) is 14.4. The normalized spacial score (nSPS) is 15.6. The van der Waals surface area contributed by atoms with Gasteiger partial charge >= 0.3 is 0 Å². The fourth-order valence-corrected chi connectivity index (χ4v) is 2.75. The molecule has 0 radical (unpaired) electrons. The zero-order valence-electron chi connectivity index (χ0n) is 12.7. The van der Waals surface area contributed by atoms with Gasteiger partial charge in [-0.25, -0.2) is 0 Å². The van der Waals surface area contributed by atoms with E-state index in [1.807, 2.05) is 16.6 Å². The van der Waals surface area contributed by atoms with Gasteiger partial charge in [0.25, 0.3) is 0 Å². The van der Waals surface area contributed by atoms with Crippen molar-refractivity contribution < 1.29 is 4.79 Å². The first kappa shape index (κ1) is 15.0. The van der Waals surface area contributed by atoms with Crippen molar-refractivity contribution in [1.29, 1.82) is 0 Å². The van der Waals surface area contributed by atoms with Crippen molar-refractivity contribution in [2.75, 3.05) is 19.6 Å². The predicted molar refractivity (Wildman–Crippen MR) is 79.3 cm³/mol. The van der Waals surface area contributed by atoms with Crippen LogP contribution in [0.1, 0.15) is 43.9 Å². The van der Waals surface area contributed by atoms with E-state index in [0.29, 0.717) is 12.3 Å². The Hall–Kier alpha value is -1.36. The van der Waals surface area contributed by atoms with Crippen LogP contribution in [0.4, 0.5) is 0 Å². The summed E-state index contributed by atoms with van der Waals surface area (Å²) in [5, 5.41) is 7.78. The molecule has 1 N–H and O–H groups in total. The molecular weight excluding hydrogens is 252 g/mol. The summed E-state index contributed by atoms with van der Waals surface area (Å²) >= 11 is 0. The Morgan fingerprint density at radius 1 is 1.35 bits per heavy atom. The summed E-state index contributed by atoms with van der Waals surface area (Å²) in [4.78, 5) is 14.0. The Morgan fingerprint density at radius 2 is 2.10 bits per heavy atom. The molecule has 0 aromatic carbocycles. The molecule has 1 aromatic heterocycles. The lowest BCUT2D eigenvalue weighted by Gasteiger charge is -2.26. The van der Waals surface area contributed by atoms with Crippen LogP contribution < -0.4 is 5.32 Å². The third-order valence-electron chi connectivity index (χ3n) is 3.87. The number of nitrogens with zero attached hydrogens (tertiary/aromatic N) is 3. The number of rotatable bonds is 6. The maximum absolute atomic E-state index is 12.0. The molecule has 1 aliphatic rings. The van der Waals surface area contributed by atoms with E-state index in [0.717, 1.165) is 51.1 Å². The number of carbonyl (C=O) groups is 1. The summed E-state index contributed by atoms with van der Waals surface area (Å²) in [5.41, 5.74) is 2.38. The van der Waals surface area contributed by atoms with Crippen molar-refractivity contribution in [3.8, 4) is 0 Å². The summed E-state index contributed by atoms with van der Waals surface area (Å²) in [6.45, 7) is 5.55. The fourth-order valence-electron chi connectivity index (χ4n) is 2.75. The number of carbonyl (C=O) groups excluding carboxylic acids is 1. The Labute approximate surface area is 121 Å². The van der Waals surface area contributed by atoms with Crippen molar-refractivity contribution in [2.45, 2.75) is 45.6 Å². The molecule has 20 heavy (non-hydrogen) atoms. The van der Waals surface area contributed by atoms with Crippen LogP contribution in [-0.4, -0.2) is 40.2 Å². The molecule has 2 heterocycles. The van der Waals surface area contributed by atoms with E-state index in [1.54, 1.807) is 0 Å². The molecule has 1 amide bonds. The molecule has 5 nitrogen and oxygen atoms in total. The van der Waals surface area contributed by atoms with Gasteiger partial charge in [0, 0.05) is 51.4 Å². The molecule has 2 rings (SSSR count). The summed E-state index contributed by atoms with van der Waals surface area (Å²) in [7, 11) is 1.95. The van der Waals surface area contributed by atoms with Crippen molar-refractivity contribution in [1.82, 2.24) is 20.0 Å². The summed E-state index contributed by atoms with van der Waals surface area (Å²) < 4.78 is 1.86. The SMILES string of the molecule is CCc1nn(C)cc1CNCCC(=O)N1CCCCC1. The van der Waals surface area contributed by atoms with Crippen molar-refractivity contribution in [3.63, 3.8) is 0 Å². The van der Waals surface area contributed by atoms with Crippen molar-refractivity contribution >= 4 is 5.91 Å². The Bertz CT molecular complexity index is 435. The first-order chi connectivity index (χ1) is 9.70. The maximum atomic E-state index is 12.0. The highest BCUT2D eigenvalue weighted by Gasteiger charge is 2.15. The van der Waals surface area contributed by atoms with Gasteiger partial charge in [0.2, 0.25) is 5.91 Å². The van der Waals surface area contributed by atoms with Gasteiger partial charge in [-0.3, -0.25) is 9.48 Å². The molecule has 1 saturated heterocycles. The lowest BCUT2D eigenvalue weighted by molar-refractivity contribution is -0.131. The van der Waals surface area contributed by atoms with E-state index in [-0.39, 0.29) is 0 Å². The Morgan fingerprint density at radius 3 is 2.80 bits per heavy atom. The standard InChI is InChI=1S/C15H26N4O/c1-3-14-13(12-18(2)17-14)11-16-8-7-15(20)19-9-5-4-6-10-19/h12,16H,3-11H2,1-2H3. The number of piperidine rings is 1. The monoisotopic (exact) mass is 278 g/mol. The van der Waals surface area contributed by atoms with Crippen LogP contribution in [0.15, 0.2) is 6.20 Å². The second-order valence-corrected chi connectivity index (χ2v) is 5.50. The summed E-state index contributed by atoms with van der Waals surface area (Å²) in [6, 6.07) is 0. The lowest BCUT2D eigenvalue weighted by Crippen LogP contribution is -2.37. The van der Waals surface area contributed by atoms with E-state index in [4.69, 9.17) is 0 Å². The highest BCUT2D eigenvalue weighted by Crippen LogP contribution is 2.10. The zero-order valence-corrected chi connectivity index (χ0v) is 12.7. The maximum Gasteiger partial charge on any atom is 0.223 e. The van der Waals surface area contributed by atoms with Crippen molar-refractivity contribution in [3.05, 3.63) is 17.5 Å². The molecule has 0 aliphatic carbocycles. The topological polar surface area (TPSA) is 50.2 Å². The van der Waals surface area contributed by atoms with Gasteiger partial charge in [-0.05, 0) is 25.7 Å². The van der Waals surface area contributed by atoms with E-state index in [9.17, 15) is 4.79 Å². The van der Waals surface area contributed by atoms with Crippen LogP contribution in [-0.2, 0) is 24.8 Å². The number of aryl methyl sites for hydroxylation is 2. The number of nitrogens with one attached hydrogen (secondary N) is 1. The quantitative estimate of drug-likeness (QED) is 0.802. The third-order valence-corrected chi connectivity index (χ3v) is 3.87. The smallest absolute Gasteiger partial charge is 0.223 e. The summed E-state index contributed by atoms with van der Waals surface area (Å²) in [6.07, 6.45) is 7.19. The molecule has 0 bridgehead atoms. The van der Waals surface area contributed by atoms with Gasteiger partial charge in [0.05, 0.1) is 5.69 Å². The lowest BCUT2D eigenvalue weighted by atomic mass is 10.1. The minimum absolute atomic E-state index is 0.291. The van der Waals surface area contributed by atoms with Gasteiger partial charge < -0.3 is 10.2 Å². The van der Waals surface area contributed by atoms with Crippen LogP contribution in [0.5, 0.6) is 0 Å². The highest BCUT2D eigenvalue weighted by molar-refractivity contribution is 5.76. The van der Waals surface area contributed by atoms with E-state index in [1.165, 1.54) is 12.0 Å². The number of hydrogen-bond acceptors (Lipinski definition) is 3. The summed E-state index contributed by atoms with van der Waals surface area (Å²) in [5.74, 6) is 0.291. The van der Waals surface area contributed by atoms with Gasteiger partial charge in [0.15, 0.2) is 0 Å². The number of aromatic nitrogens is 2. The van der Waals surface area contributed by atoms with Crippen LogP contribution >= 0.6 is 0 Å². The molecule has 1 aromatic rings. The molecule has 1 aliphatic heterocycles. The van der Waals surface area contributed by atoms with Gasteiger partial charge in [-0.2, -0.15) is 5.10 Å². The van der Waals surface area contributed by atoms with Gasteiger partial charge in [-0.1, -0.05) is 6.92 Å². The largest absolute Gasteiger partial charge is 0.343 e. The molecule has 0 atom stereocenters. The minimum Gasteiger partial charge on any atom is -0.343 e. The van der Waals surface area contributed by atoms with Gasteiger partial charge in [0.1, 0.15) is 0 Å². The molecule has 112 valence electrons. The first-order valence-electron chi connectivity index (χ1n) is 7.70. The Kier molecular flexibility index (Phi) is 5.59. The highest BCUT2D eigenvalue weighted by atomic mass is 16.2. The number of amides is 1. The number of hydrogen-bond donors (Lipinski definition) is 1. The van der Waals surface area contributed by atoms with Crippen LogP contribution in [0, 0.1) is 0 Å². The molecule has 1 fully saturated rings. The fraction of sp³-hybridized carbons (Fsp3) is 0.733. The first-order valence-corrected chi connectivity index (χ1v) is 7.70. The molecular formula is C15H26N4O. The molecule has 5 heteroatoms. The predicted octanol–water partition coefficient (Wildman–Crippen LogP) is 1.47. The third kappa shape index (κ3) is 4.07. The van der Waals surface area contributed by atoms with E-state index < -0.39 is 0 Å². The minimum atomic E-state index is 0.291. The van der Waals surface area contributed by atoms with Crippen molar-refractivity contribution in [2.24, 2.45) is 7.05 Å². The van der Waals surface area contributed by atoms with Gasteiger partial charge in [-0.15, -0.1) is 0 Å². The van der Waals surface area contributed by atoms with Crippen LogP contribution in [0.3, 0.4) is 0 Å². The average Bonchev–Trinajstić information content (AvgIpc) is 2.84. The Balaban J connectivity index is 1.69. The van der Waals surface area contributed by atoms with Crippen LogP contribution in [0.25, 0.3) is 0 Å². The number of likely N-dealkylation sites (tertiary alicyclic amines) is 1. The molecule has 0 unspecified atom stereocenters. The second kappa shape index (κ2) is 7.43. The molecule has 0 spiro atoms. The second-order valence-electron chi connectivity index (χ2n) is 5.50.